The first-order valence-electron chi connectivity index (χ1n) is 8.24. The molecule has 1 aliphatic heterocycles. The molecule has 1 aliphatic rings. The highest BCUT2D eigenvalue weighted by Gasteiger charge is 2.25. The average molecular weight is 344 g/mol. The zero-order valence-electron chi connectivity index (χ0n) is 13.8. The SMILES string of the molecule is CC1CCN(c2ccc(F)cc2F)CCN1c1ncnc2[nH]ncc12. The molecule has 6 nitrogen and oxygen atoms in total. The van der Waals surface area contributed by atoms with Crippen molar-refractivity contribution >= 4 is 22.5 Å². The van der Waals surface area contributed by atoms with E-state index in [-0.39, 0.29) is 6.04 Å². The topological polar surface area (TPSA) is 60.9 Å². The van der Waals surface area contributed by atoms with Gasteiger partial charge in [-0.1, -0.05) is 0 Å². The summed E-state index contributed by atoms with van der Waals surface area (Å²) in [5.41, 5.74) is 1.13. The van der Waals surface area contributed by atoms with Crippen LogP contribution in [-0.4, -0.2) is 45.8 Å². The Kier molecular flexibility index (Phi) is 3.95. The molecule has 4 rings (SSSR count). The first kappa shape index (κ1) is 15.7. The lowest BCUT2D eigenvalue weighted by atomic mass is 10.2. The molecule has 1 fully saturated rings. The van der Waals surface area contributed by atoms with E-state index < -0.39 is 11.6 Å². The van der Waals surface area contributed by atoms with Crippen LogP contribution in [0.3, 0.4) is 0 Å². The smallest absolute Gasteiger partial charge is 0.160 e. The van der Waals surface area contributed by atoms with Gasteiger partial charge in [-0.3, -0.25) is 5.10 Å². The number of hydrogen-bond acceptors (Lipinski definition) is 5. The molecule has 130 valence electrons. The van der Waals surface area contributed by atoms with Crippen LogP contribution in [0.1, 0.15) is 13.3 Å². The van der Waals surface area contributed by atoms with E-state index in [1.54, 1.807) is 6.20 Å². The van der Waals surface area contributed by atoms with Crippen LogP contribution in [0, 0.1) is 11.6 Å². The van der Waals surface area contributed by atoms with Crippen molar-refractivity contribution in [1.29, 1.82) is 0 Å². The summed E-state index contributed by atoms with van der Waals surface area (Å²) >= 11 is 0. The fourth-order valence-corrected chi connectivity index (χ4v) is 3.33. The van der Waals surface area contributed by atoms with Crippen LogP contribution in [0.5, 0.6) is 0 Å². The van der Waals surface area contributed by atoms with Gasteiger partial charge in [-0.15, -0.1) is 0 Å². The Morgan fingerprint density at radius 2 is 2.04 bits per heavy atom. The van der Waals surface area contributed by atoms with Crippen LogP contribution in [0.2, 0.25) is 0 Å². The van der Waals surface area contributed by atoms with E-state index in [1.165, 1.54) is 18.5 Å². The molecule has 0 radical (unpaired) electrons. The van der Waals surface area contributed by atoms with Crippen molar-refractivity contribution in [3.63, 3.8) is 0 Å². The molecule has 25 heavy (non-hydrogen) atoms. The predicted molar refractivity (Wildman–Crippen MR) is 91.7 cm³/mol. The van der Waals surface area contributed by atoms with E-state index in [2.05, 4.69) is 32.0 Å². The molecule has 1 N–H and O–H groups in total. The van der Waals surface area contributed by atoms with E-state index in [4.69, 9.17) is 0 Å². The molecule has 0 spiro atoms. The summed E-state index contributed by atoms with van der Waals surface area (Å²) < 4.78 is 27.3. The number of halogens is 2. The second-order valence-electron chi connectivity index (χ2n) is 6.24. The maximum Gasteiger partial charge on any atom is 0.160 e. The van der Waals surface area contributed by atoms with Crippen molar-refractivity contribution in [2.45, 2.75) is 19.4 Å². The van der Waals surface area contributed by atoms with Gasteiger partial charge in [0.25, 0.3) is 0 Å². The molecule has 3 aromatic rings. The van der Waals surface area contributed by atoms with E-state index >= 15 is 0 Å². The third kappa shape index (κ3) is 2.88. The summed E-state index contributed by atoms with van der Waals surface area (Å²) in [6.07, 6.45) is 4.07. The van der Waals surface area contributed by atoms with Crippen molar-refractivity contribution < 1.29 is 8.78 Å². The molecule has 0 amide bonds. The third-order valence-corrected chi connectivity index (χ3v) is 4.71. The quantitative estimate of drug-likeness (QED) is 0.775. The van der Waals surface area contributed by atoms with Crippen LogP contribution in [-0.2, 0) is 0 Å². The highest BCUT2D eigenvalue weighted by Crippen LogP contribution is 2.27. The van der Waals surface area contributed by atoms with Gasteiger partial charge in [-0.2, -0.15) is 5.10 Å². The molecule has 1 unspecified atom stereocenters. The van der Waals surface area contributed by atoms with Crippen molar-refractivity contribution in [1.82, 2.24) is 20.2 Å². The molecule has 1 atom stereocenters. The molecular formula is C17H18F2N6. The second-order valence-corrected chi connectivity index (χ2v) is 6.24. The highest BCUT2D eigenvalue weighted by atomic mass is 19.1. The van der Waals surface area contributed by atoms with Gasteiger partial charge < -0.3 is 9.80 Å². The van der Waals surface area contributed by atoms with Crippen LogP contribution in [0.15, 0.2) is 30.7 Å². The van der Waals surface area contributed by atoms with Crippen molar-refractivity contribution in [2.75, 3.05) is 29.4 Å². The summed E-state index contributed by atoms with van der Waals surface area (Å²) in [5.74, 6) is -0.262. The zero-order chi connectivity index (χ0) is 17.4. The summed E-state index contributed by atoms with van der Waals surface area (Å²) in [7, 11) is 0. The van der Waals surface area contributed by atoms with Gasteiger partial charge >= 0.3 is 0 Å². The van der Waals surface area contributed by atoms with Gasteiger partial charge in [0.15, 0.2) is 5.65 Å². The molecule has 0 saturated carbocycles. The lowest BCUT2D eigenvalue weighted by Crippen LogP contribution is -2.35. The van der Waals surface area contributed by atoms with E-state index in [1.807, 2.05) is 4.90 Å². The standard InChI is InChI=1S/C17H18F2N6/c1-11-4-5-24(15-3-2-12(18)8-14(15)19)6-7-25(11)17-13-9-22-23-16(13)20-10-21-17/h2-3,8-11H,4-7H2,1H3,(H,20,21,22,23). The molecule has 8 heteroatoms. The van der Waals surface area contributed by atoms with Crippen LogP contribution in [0.25, 0.3) is 11.0 Å². The molecular weight excluding hydrogens is 326 g/mol. The van der Waals surface area contributed by atoms with Crippen LogP contribution >= 0.6 is 0 Å². The first-order chi connectivity index (χ1) is 12.1. The fourth-order valence-electron chi connectivity index (χ4n) is 3.33. The highest BCUT2D eigenvalue weighted by molar-refractivity contribution is 5.86. The Hall–Kier alpha value is -2.77. The molecule has 3 heterocycles. The molecule has 0 bridgehead atoms. The van der Waals surface area contributed by atoms with Crippen molar-refractivity contribution in [3.05, 3.63) is 42.4 Å². The largest absolute Gasteiger partial charge is 0.367 e. The monoisotopic (exact) mass is 344 g/mol. The number of anilines is 2. The lowest BCUT2D eigenvalue weighted by Gasteiger charge is -2.28. The summed E-state index contributed by atoms with van der Waals surface area (Å²) in [5, 5.41) is 7.76. The Balaban J connectivity index is 1.62. The van der Waals surface area contributed by atoms with Crippen molar-refractivity contribution in [3.8, 4) is 0 Å². The van der Waals surface area contributed by atoms with Gasteiger partial charge in [-0.05, 0) is 25.5 Å². The minimum Gasteiger partial charge on any atom is -0.367 e. The van der Waals surface area contributed by atoms with Gasteiger partial charge in [0.2, 0.25) is 0 Å². The Labute approximate surface area is 143 Å². The zero-order valence-corrected chi connectivity index (χ0v) is 13.8. The molecule has 1 aromatic carbocycles. The second kappa shape index (κ2) is 6.27. The van der Waals surface area contributed by atoms with E-state index in [0.29, 0.717) is 31.0 Å². The Morgan fingerprint density at radius 1 is 1.16 bits per heavy atom. The fraction of sp³-hybridized carbons (Fsp3) is 0.353. The minimum atomic E-state index is -0.561. The number of aromatic amines is 1. The normalized spacial score (nSPS) is 18.6. The number of fused-ring (bicyclic) bond motifs is 1. The Morgan fingerprint density at radius 3 is 2.88 bits per heavy atom. The number of hydrogen-bond donors (Lipinski definition) is 1. The maximum absolute atomic E-state index is 14.1. The number of benzene rings is 1. The lowest BCUT2D eigenvalue weighted by molar-refractivity contribution is 0.578. The summed E-state index contributed by atoms with van der Waals surface area (Å²) in [6, 6.07) is 3.95. The molecule has 1 saturated heterocycles. The van der Waals surface area contributed by atoms with Crippen LogP contribution < -0.4 is 9.80 Å². The van der Waals surface area contributed by atoms with Crippen molar-refractivity contribution in [2.24, 2.45) is 0 Å². The minimum absolute atomic E-state index is 0.224. The summed E-state index contributed by atoms with van der Waals surface area (Å²) in [6.45, 7) is 4.11. The number of nitrogens with zero attached hydrogens (tertiary/aromatic N) is 5. The van der Waals surface area contributed by atoms with E-state index in [0.717, 1.165) is 23.7 Å². The maximum atomic E-state index is 14.1. The number of aromatic nitrogens is 4. The van der Waals surface area contributed by atoms with Crippen LogP contribution in [0.4, 0.5) is 20.3 Å². The number of H-pyrrole nitrogens is 1. The molecule has 2 aromatic heterocycles. The molecule has 0 aliphatic carbocycles. The van der Waals surface area contributed by atoms with Gasteiger partial charge in [0, 0.05) is 31.7 Å². The Bertz CT molecular complexity index is 896. The average Bonchev–Trinajstić information content (AvgIpc) is 3.00. The predicted octanol–water partition coefficient (Wildman–Crippen LogP) is 2.74. The third-order valence-electron chi connectivity index (χ3n) is 4.71. The summed E-state index contributed by atoms with van der Waals surface area (Å²) in [4.78, 5) is 12.8. The van der Waals surface area contributed by atoms with E-state index in [9.17, 15) is 8.78 Å². The van der Waals surface area contributed by atoms with Gasteiger partial charge in [0.05, 0.1) is 17.3 Å². The number of nitrogens with one attached hydrogen (secondary N) is 1. The number of rotatable bonds is 2. The van der Waals surface area contributed by atoms with Gasteiger partial charge in [0.1, 0.15) is 23.8 Å². The first-order valence-corrected chi connectivity index (χ1v) is 8.24. The van der Waals surface area contributed by atoms with Gasteiger partial charge in [-0.25, -0.2) is 18.7 Å².